The molecule has 5 rings (SSSR count). The van der Waals surface area contributed by atoms with Gasteiger partial charge in [0.2, 0.25) is 0 Å². The number of nitrogens with zero attached hydrogens (tertiary/aromatic N) is 2. The number of pyridine rings is 1. The Morgan fingerprint density at radius 3 is 2.55 bits per heavy atom. The third-order valence-electron chi connectivity index (χ3n) is 5.92. The fourth-order valence-corrected chi connectivity index (χ4v) is 5.19. The summed E-state index contributed by atoms with van der Waals surface area (Å²) in [7, 11) is 0. The zero-order valence-corrected chi connectivity index (χ0v) is 22.0. The molecule has 2 aromatic carbocycles. The molecular formula is C30H24N2O4S2. The van der Waals surface area contributed by atoms with Gasteiger partial charge in [0.25, 0.3) is 5.91 Å². The predicted octanol–water partition coefficient (Wildman–Crippen LogP) is 6.58. The van der Waals surface area contributed by atoms with Gasteiger partial charge in [-0.15, -0.1) is 0 Å². The standard InChI is InChI=1S/C30H24N2O4S2/c33-28-27(38-30(37)32(28)19-21-7-2-1-3-8-21)11-6-10-25-16-17-26(36-25)22-12-14-23(15-13-22)29(34)35-20-24-9-4-5-18-31-24/h1-5,7-9,11-18H,6,10,19-20H2/b27-11+. The van der Waals surface area contributed by atoms with Gasteiger partial charge in [0, 0.05) is 18.2 Å². The van der Waals surface area contributed by atoms with Crippen molar-refractivity contribution in [2.24, 2.45) is 0 Å². The number of aryl methyl sites for hydroxylation is 1. The number of thioether (sulfide) groups is 1. The first-order chi connectivity index (χ1) is 18.6. The molecular weight excluding hydrogens is 516 g/mol. The number of ether oxygens (including phenoxy) is 1. The topological polar surface area (TPSA) is 72.6 Å². The number of hydrogen-bond acceptors (Lipinski definition) is 7. The van der Waals surface area contributed by atoms with E-state index in [0.717, 1.165) is 16.9 Å². The lowest BCUT2D eigenvalue weighted by Gasteiger charge is -2.14. The van der Waals surface area contributed by atoms with Crippen LogP contribution in [0, 0.1) is 0 Å². The summed E-state index contributed by atoms with van der Waals surface area (Å²) in [5.41, 5.74) is 3.06. The summed E-state index contributed by atoms with van der Waals surface area (Å²) >= 11 is 6.78. The first-order valence-electron chi connectivity index (χ1n) is 12.1. The van der Waals surface area contributed by atoms with Crippen molar-refractivity contribution in [2.75, 3.05) is 0 Å². The van der Waals surface area contributed by atoms with Gasteiger partial charge >= 0.3 is 5.97 Å². The van der Waals surface area contributed by atoms with Gasteiger partial charge in [0.05, 0.1) is 22.7 Å². The summed E-state index contributed by atoms with van der Waals surface area (Å²) in [6.07, 6.45) is 4.90. The Labute approximate surface area is 230 Å². The van der Waals surface area contributed by atoms with Gasteiger partial charge in [-0.25, -0.2) is 4.79 Å². The second-order valence-corrected chi connectivity index (χ2v) is 10.3. The number of rotatable bonds is 9. The minimum atomic E-state index is -0.406. The fraction of sp³-hybridized carbons (Fsp3) is 0.133. The van der Waals surface area contributed by atoms with Gasteiger partial charge in [-0.05, 0) is 48.4 Å². The highest BCUT2D eigenvalue weighted by Gasteiger charge is 2.31. The second kappa shape index (κ2) is 12.0. The Morgan fingerprint density at radius 2 is 1.79 bits per heavy atom. The van der Waals surface area contributed by atoms with Gasteiger partial charge in [-0.3, -0.25) is 14.7 Å². The fourth-order valence-electron chi connectivity index (χ4n) is 3.93. The zero-order valence-electron chi connectivity index (χ0n) is 20.4. The number of carbonyl (C=O) groups excluding carboxylic acids is 2. The van der Waals surface area contributed by atoms with Crippen LogP contribution in [-0.2, 0) is 29.1 Å². The maximum atomic E-state index is 12.8. The molecule has 1 aliphatic rings. The highest BCUT2D eigenvalue weighted by atomic mass is 32.2. The third kappa shape index (κ3) is 6.27. The normalized spacial score (nSPS) is 14.3. The third-order valence-corrected chi connectivity index (χ3v) is 7.35. The van der Waals surface area contributed by atoms with Gasteiger partial charge in [0.15, 0.2) is 0 Å². The molecule has 1 amide bonds. The second-order valence-electron chi connectivity index (χ2n) is 8.59. The Morgan fingerprint density at radius 1 is 1.00 bits per heavy atom. The number of thiocarbonyl (C=S) groups is 1. The molecule has 0 spiro atoms. The Hall–Kier alpha value is -4.01. The Kier molecular flexibility index (Phi) is 8.11. The van der Waals surface area contributed by atoms with Crippen molar-refractivity contribution in [3.63, 3.8) is 0 Å². The molecule has 0 unspecified atom stereocenters. The minimum Gasteiger partial charge on any atom is -0.461 e. The van der Waals surface area contributed by atoms with Crippen LogP contribution in [0.5, 0.6) is 0 Å². The van der Waals surface area contributed by atoms with Crippen LogP contribution in [0.4, 0.5) is 0 Å². The highest BCUT2D eigenvalue weighted by Crippen LogP contribution is 2.33. The molecule has 1 saturated heterocycles. The number of carbonyl (C=O) groups is 2. The van der Waals surface area contributed by atoms with Crippen LogP contribution in [0.1, 0.15) is 33.8 Å². The molecule has 4 aromatic rings. The molecule has 0 N–H and O–H groups in total. The van der Waals surface area contributed by atoms with Crippen molar-refractivity contribution in [2.45, 2.75) is 26.0 Å². The maximum absolute atomic E-state index is 12.8. The minimum absolute atomic E-state index is 0.0531. The molecule has 0 saturated carbocycles. The van der Waals surface area contributed by atoms with Gasteiger partial charge in [0.1, 0.15) is 22.4 Å². The number of allylic oxidation sites excluding steroid dienone is 1. The molecule has 0 aliphatic carbocycles. The smallest absolute Gasteiger partial charge is 0.338 e. The van der Waals surface area contributed by atoms with Gasteiger partial charge in [-0.1, -0.05) is 78.6 Å². The van der Waals surface area contributed by atoms with Crippen molar-refractivity contribution in [3.8, 4) is 11.3 Å². The lowest BCUT2D eigenvalue weighted by molar-refractivity contribution is -0.122. The van der Waals surface area contributed by atoms with Gasteiger partial charge < -0.3 is 9.15 Å². The summed E-state index contributed by atoms with van der Waals surface area (Å²) < 4.78 is 11.9. The zero-order chi connectivity index (χ0) is 26.3. The molecule has 0 atom stereocenters. The van der Waals surface area contributed by atoms with E-state index in [0.29, 0.717) is 45.6 Å². The highest BCUT2D eigenvalue weighted by molar-refractivity contribution is 8.26. The van der Waals surface area contributed by atoms with Crippen molar-refractivity contribution in [3.05, 3.63) is 125 Å². The van der Waals surface area contributed by atoms with E-state index in [1.54, 1.807) is 29.3 Å². The maximum Gasteiger partial charge on any atom is 0.338 e. The van der Waals surface area contributed by atoms with Crippen LogP contribution in [-0.4, -0.2) is 26.1 Å². The molecule has 0 bridgehead atoms. The van der Waals surface area contributed by atoms with E-state index >= 15 is 0 Å². The predicted molar refractivity (Wildman–Crippen MR) is 151 cm³/mol. The lowest BCUT2D eigenvalue weighted by Crippen LogP contribution is -2.27. The SMILES string of the molecule is O=C(OCc1ccccn1)c1ccc(-c2ccc(CC/C=C3/SC(=S)N(Cc4ccccc4)C3=O)o2)cc1. The van der Waals surface area contributed by atoms with Gasteiger partial charge in [-0.2, -0.15) is 0 Å². The number of amides is 1. The van der Waals surface area contributed by atoms with E-state index < -0.39 is 5.97 Å². The van der Waals surface area contributed by atoms with Crippen molar-refractivity contribution in [1.82, 2.24) is 9.88 Å². The van der Waals surface area contributed by atoms with Crippen LogP contribution in [0.25, 0.3) is 11.3 Å². The van der Waals surface area contributed by atoms with Crippen LogP contribution in [0.15, 0.2) is 107 Å². The van der Waals surface area contributed by atoms with E-state index in [-0.39, 0.29) is 12.5 Å². The molecule has 1 aliphatic heterocycles. The number of hydrogen-bond donors (Lipinski definition) is 0. The van der Waals surface area contributed by atoms with Crippen LogP contribution in [0.2, 0.25) is 0 Å². The summed E-state index contributed by atoms with van der Waals surface area (Å²) in [6, 6.07) is 26.2. The van der Waals surface area contributed by atoms with E-state index in [1.165, 1.54) is 11.8 Å². The van der Waals surface area contributed by atoms with E-state index in [2.05, 4.69) is 4.98 Å². The summed E-state index contributed by atoms with van der Waals surface area (Å²) in [5.74, 6) is 1.07. The summed E-state index contributed by atoms with van der Waals surface area (Å²) in [5, 5.41) is 0. The summed E-state index contributed by atoms with van der Waals surface area (Å²) in [6.45, 7) is 0.602. The van der Waals surface area contributed by atoms with Crippen LogP contribution < -0.4 is 0 Å². The van der Waals surface area contributed by atoms with E-state index in [1.807, 2.05) is 72.8 Å². The van der Waals surface area contributed by atoms with Crippen molar-refractivity contribution in [1.29, 1.82) is 0 Å². The largest absolute Gasteiger partial charge is 0.461 e. The number of esters is 1. The number of aromatic nitrogens is 1. The molecule has 3 heterocycles. The molecule has 190 valence electrons. The monoisotopic (exact) mass is 540 g/mol. The van der Waals surface area contributed by atoms with Crippen LogP contribution >= 0.6 is 24.0 Å². The number of benzene rings is 2. The molecule has 2 aromatic heterocycles. The summed E-state index contributed by atoms with van der Waals surface area (Å²) in [4.78, 5) is 31.6. The van der Waals surface area contributed by atoms with Crippen molar-refractivity contribution < 1.29 is 18.7 Å². The molecule has 6 nitrogen and oxygen atoms in total. The Balaban J connectivity index is 1.14. The average Bonchev–Trinajstić information content (AvgIpc) is 3.53. The van der Waals surface area contributed by atoms with Crippen LogP contribution in [0.3, 0.4) is 0 Å². The van der Waals surface area contributed by atoms with E-state index in [4.69, 9.17) is 21.4 Å². The molecule has 38 heavy (non-hydrogen) atoms. The van der Waals surface area contributed by atoms with E-state index in [9.17, 15) is 9.59 Å². The number of furan rings is 1. The molecule has 1 fully saturated rings. The first-order valence-corrected chi connectivity index (χ1v) is 13.3. The Bertz CT molecular complexity index is 1470. The quantitative estimate of drug-likeness (QED) is 0.135. The first kappa shape index (κ1) is 25.6. The lowest BCUT2D eigenvalue weighted by atomic mass is 10.1. The average molecular weight is 541 g/mol. The van der Waals surface area contributed by atoms with Crippen molar-refractivity contribution >= 4 is 40.2 Å². The molecule has 8 heteroatoms. The molecule has 0 radical (unpaired) electrons.